The Morgan fingerprint density at radius 3 is 2.64 bits per heavy atom. The zero-order valence-corrected chi connectivity index (χ0v) is 15.0. The lowest BCUT2D eigenvalue weighted by Gasteiger charge is -2.34. The van der Waals surface area contributed by atoms with Gasteiger partial charge in [0.2, 0.25) is 10.0 Å². The SMILES string of the molecule is CCC1CCCCN1S(=O)(=O)c1ccc(NC(=O)c2ccco2)cc1. The third-order valence-corrected chi connectivity index (χ3v) is 6.47. The average Bonchev–Trinajstić information content (AvgIpc) is 3.17. The zero-order valence-electron chi connectivity index (χ0n) is 14.1. The summed E-state index contributed by atoms with van der Waals surface area (Å²) in [6.45, 7) is 2.59. The number of sulfonamides is 1. The van der Waals surface area contributed by atoms with Gasteiger partial charge in [0.15, 0.2) is 5.76 Å². The summed E-state index contributed by atoms with van der Waals surface area (Å²) in [6.07, 6.45) is 5.12. The van der Waals surface area contributed by atoms with E-state index < -0.39 is 10.0 Å². The molecule has 0 spiro atoms. The van der Waals surface area contributed by atoms with Crippen molar-refractivity contribution in [1.82, 2.24) is 4.31 Å². The number of amides is 1. The summed E-state index contributed by atoms with van der Waals surface area (Å²) >= 11 is 0. The van der Waals surface area contributed by atoms with Gasteiger partial charge in [-0.3, -0.25) is 4.79 Å². The van der Waals surface area contributed by atoms with Gasteiger partial charge in [0.1, 0.15) is 0 Å². The minimum Gasteiger partial charge on any atom is -0.459 e. The summed E-state index contributed by atoms with van der Waals surface area (Å²) in [5, 5.41) is 2.68. The van der Waals surface area contributed by atoms with Crippen molar-refractivity contribution in [3.63, 3.8) is 0 Å². The molecule has 1 fully saturated rings. The van der Waals surface area contributed by atoms with Crippen molar-refractivity contribution in [3.8, 4) is 0 Å². The molecule has 1 saturated heterocycles. The second kappa shape index (κ2) is 7.41. The van der Waals surface area contributed by atoms with Gasteiger partial charge in [-0.15, -0.1) is 0 Å². The summed E-state index contributed by atoms with van der Waals surface area (Å²) in [5.41, 5.74) is 0.519. The van der Waals surface area contributed by atoms with Gasteiger partial charge in [-0.2, -0.15) is 4.31 Å². The van der Waals surface area contributed by atoms with E-state index in [1.165, 1.54) is 18.4 Å². The Hall–Kier alpha value is -2.12. The summed E-state index contributed by atoms with van der Waals surface area (Å²) in [5.74, 6) is -0.168. The second-order valence-electron chi connectivity index (χ2n) is 6.13. The number of hydrogen-bond acceptors (Lipinski definition) is 4. The number of carbonyl (C=O) groups is 1. The molecule has 0 aliphatic carbocycles. The largest absolute Gasteiger partial charge is 0.459 e. The number of nitrogens with zero attached hydrogens (tertiary/aromatic N) is 1. The maximum atomic E-state index is 12.9. The van der Waals surface area contributed by atoms with Gasteiger partial charge in [0.05, 0.1) is 11.2 Å². The van der Waals surface area contributed by atoms with Crippen LogP contribution in [0.4, 0.5) is 5.69 Å². The quantitative estimate of drug-likeness (QED) is 0.883. The molecule has 1 amide bonds. The number of benzene rings is 1. The lowest BCUT2D eigenvalue weighted by Crippen LogP contribution is -2.43. The van der Waals surface area contributed by atoms with Gasteiger partial charge < -0.3 is 9.73 Å². The molecule has 1 unspecified atom stereocenters. The van der Waals surface area contributed by atoms with Crippen LogP contribution in [-0.2, 0) is 10.0 Å². The van der Waals surface area contributed by atoms with Crippen LogP contribution in [0, 0.1) is 0 Å². The fourth-order valence-corrected chi connectivity index (χ4v) is 4.91. The van der Waals surface area contributed by atoms with E-state index in [1.807, 2.05) is 6.92 Å². The Balaban J connectivity index is 1.76. The van der Waals surface area contributed by atoms with E-state index in [9.17, 15) is 13.2 Å². The molecule has 2 aromatic rings. The number of hydrogen-bond donors (Lipinski definition) is 1. The van der Waals surface area contributed by atoms with Gasteiger partial charge in [-0.05, 0) is 55.7 Å². The zero-order chi connectivity index (χ0) is 17.9. The number of anilines is 1. The lowest BCUT2D eigenvalue weighted by atomic mass is 10.0. The molecule has 1 aliphatic rings. The fourth-order valence-electron chi connectivity index (χ4n) is 3.14. The second-order valence-corrected chi connectivity index (χ2v) is 8.02. The van der Waals surface area contributed by atoms with E-state index in [0.717, 1.165) is 25.7 Å². The first kappa shape index (κ1) is 17.7. The van der Waals surface area contributed by atoms with E-state index in [4.69, 9.17) is 4.42 Å². The Kier molecular flexibility index (Phi) is 5.24. The summed E-state index contributed by atoms with van der Waals surface area (Å²) in [7, 11) is -3.51. The molecule has 1 aliphatic heterocycles. The van der Waals surface area contributed by atoms with Crippen LogP contribution in [0.15, 0.2) is 52.0 Å². The Morgan fingerprint density at radius 1 is 1.24 bits per heavy atom. The highest BCUT2D eigenvalue weighted by Gasteiger charge is 2.32. The molecule has 134 valence electrons. The predicted molar refractivity (Wildman–Crippen MR) is 94.9 cm³/mol. The van der Waals surface area contributed by atoms with E-state index in [1.54, 1.807) is 28.6 Å². The molecule has 1 aromatic carbocycles. The first-order valence-corrected chi connectivity index (χ1v) is 9.93. The predicted octanol–water partition coefficient (Wildman–Crippen LogP) is 3.49. The molecule has 7 heteroatoms. The van der Waals surface area contributed by atoms with E-state index in [0.29, 0.717) is 12.2 Å². The van der Waals surface area contributed by atoms with E-state index in [-0.39, 0.29) is 22.6 Å². The van der Waals surface area contributed by atoms with Crippen molar-refractivity contribution in [2.75, 3.05) is 11.9 Å². The Bertz CT molecular complexity index is 813. The van der Waals surface area contributed by atoms with Crippen LogP contribution in [0.1, 0.15) is 43.2 Å². The van der Waals surface area contributed by atoms with Crippen molar-refractivity contribution in [1.29, 1.82) is 0 Å². The minimum atomic E-state index is -3.51. The van der Waals surface area contributed by atoms with Crippen LogP contribution in [0.25, 0.3) is 0 Å². The molecule has 3 rings (SSSR count). The average molecular weight is 362 g/mol. The van der Waals surface area contributed by atoms with Gasteiger partial charge in [-0.25, -0.2) is 8.42 Å². The topological polar surface area (TPSA) is 79.6 Å². The molecule has 1 atom stereocenters. The first-order valence-electron chi connectivity index (χ1n) is 8.49. The molecule has 6 nitrogen and oxygen atoms in total. The molecule has 0 radical (unpaired) electrons. The summed E-state index contributed by atoms with van der Waals surface area (Å²) in [6, 6.07) is 9.53. The fraction of sp³-hybridized carbons (Fsp3) is 0.389. The van der Waals surface area contributed by atoms with Crippen LogP contribution in [0.3, 0.4) is 0 Å². The maximum Gasteiger partial charge on any atom is 0.291 e. The van der Waals surface area contributed by atoms with Crippen molar-refractivity contribution < 1.29 is 17.6 Å². The van der Waals surface area contributed by atoms with Crippen molar-refractivity contribution in [2.24, 2.45) is 0 Å². The van der Waals surface area contributed by atoms with Gasteiger partial charge >= 0.3 is 0 Å². The Morgan fingerprint density at radius 2 is 2.00 bits per heavy atom. The molecule has 0 bridgehead atoms. The molecule has 1 N–H and O–H groups in total. The molecule has 1 aromatic heterocycles. The Labute approximate surface area is 147 Å². The monoisotopic (exact) mass is 362 g/mol. The summed E-state index contributed by atoms with van der Waals surface area (Å²) in [4.78, 5) is 12.2. The number of nitrogens with one attached hydrogen (secondary N) is 1. The summed E-state index contributed by atoms with van der Waals surface area (Å²) < 4.78 is 32.5. The molecule has 0 saturated carbocycles. The highest BCUT2D eigenvalue weighted by Crippen LogP contribution is 2.27. The normalized spacial score (nSPS) is 18.8. The third kappa shape index (κ3) is 3.77. The minimum absolute atomic E-state index is 0.0667. The molecular weight excluding hydrogens is 340 g/mol. The van der Waals surface area contributed by atoms with E-state index >= 15 is 0 Å². The van der Waals surface area contributed by atoms with Crippen molar-refractivity contribution in [2.45, 2.75) is 43.5 Å². The maximum absolute atomic E-state index is 12.9. The van der Waals surface area contributed by atoms with Crippen LogP contribution in [0.5, 0.6) is 0 Å². The van der Waals surface area contributed by atoms with Crippen LogP contribution >= 0.6 is 0 Å². The number of piperidine rings is 1. The van der Waals surface area contributed by atoms with Gasteiger partial charge in [-0.1, -0.05) is 13.3 Å². The smallest absolute Gasteiger partial charge is 0.291 e. The molecular formula is C18H22N2O4S. The number of rotatable bonds is 5. The first-order chi connectivity index (χ1) is 12.0. The lowest BCUT2D eigenvalue weighted by molar-refractivity contribution is 0.0996. The van der Waals surface area contributed by atoms with Crippen molar-refractivity contribution >= 4 is 21.6 Å². The van der Waals surface area contributed by atoms with Crippen LogP contribution < -0.4 is 5.32 Å². The molecule has 25 heavy (non-hydrogen) atoms. The highest BCUT2D eigenvalue weighted by atomic mass is 32.2. The van der Waals surface area contributed by atoms with Gasteiger partial charge in [0.25, 0.3) is 5.91 Å². The standard InChI is InChI=1S/C18H22N2O4S/c1-2-15-6-3-4-12-20(15)25(22,23)16-10-8-14(9-11-16)19-18(21)17-7-5-13-24-17/h5,7-11,13,15H,2-4,6,12H2,1H3,(H,19,21). The van der Waals surface area contributed by atoms with Crippen LogP contribution in [-0.4, -0.2) is 31.2 Å². The van der Waals surface area contributed by atoms with Crippen LogP contribution in [0.2, 0.25) is 0 Å². The van der Waals surface area contributed by atoms with Gasteiger partial charge in [0, 0.05) is 18.3 Å². The highest BCUT2D eigenvalue weighted by molar-refractivity contribution is 7.89. The van der Waals surface area contributed by atoms with Crippen molar-refractivity contribution in [3.05, 3.63) is 48.4 Å². The van der Waals surface area contributed by atoms with E-state index in [2.05, 4.69) is 5.32 Å². The number of furan rings is 1. The number of carbonyl (C=O) groups excluding carboxylic acids is 1. The molecule has 2 heterocycles. The third-order valence-electron chi connectivity index (χ3n) is 4.51.